The van der Waals surface area contributed by atoms with Gasteiger partial charge in [-0.25, -0.2) is 15.0 Å². The molecule has 0 bridgehead atoms. The maximum absolute atomic E-state index is 4.92. The first-order chi connectivity index (χ1) is 24.2. The van der Waals surface area contributed by atoms with Crippen LogP contribution in [0.1, 0.15) is 6.92 Å². The molecule has 7 heteroatoms. The summed E-state index contributed by atoms with van der Waals surface area (Å²) in [5.74, 6) is 1.94. The SMILES string of the molecule is C=N/C=C\C.c1ccc(-c2nc(-c3ccccc3)nc(-c3ccc(-n4c5cccnc5c5ccc6sc7ccccc7c6c54)cc3)n2)cc1. The highest BCUT2D eigenvalue weighted by Crippen LogP contribution is 2.42. The summed E-state index contributed by atoms with van der Waals surface area (Å²) >= 11 is 1.83. The van der Waals surface area contributed by atoms with Crippen molar-refractivity contribution in [1.82, 2.24) is 24.5 Å². The fourth-order valence-corrected chi connectivity index (χ4v) is 7.31. The predicted octanol–water partition coefficient (Wildman–Crippen LogP) is 11.0. The Kier molecular flexibility index (Phi) is 8.01. The van der Waals surface area contributed by atoms with Crippen molar-refractivity contribution in [2.45, 2.75) is 6.92 Å². The second-order valence-electron chi connectivity index (χ2n) is 11.4. The normalized spacial score (nSPS) is 11.4. The first kappa shape index (κ1) is 30.1. The van der Waals surface area contributed by atoms with Gasteiger partial charge in [-0.15, -0.1) is 11.3 Å². The summed E-state index contributed by atoms with van der Waals surface area (Å²) in [6.07, 6.45) is 5.34. The molecule has 0 aliphatic carbocycles. The van der Waals surface area contributed by atoms with Gasteiger partial charge in [-0.3, -0.25) is 9.98 Å². The minimum atomic E-state index is 0.638. The van der Waals surface area contributed by atoms with Gasteiger partial charge in [0.1, 0.15) is 0 Å². The van der Waals surface area contributed by atoms with Gasteiger partial charge in [0.05, 0.1) is 16.6 Å². The molecule has 4 aromatic heterocycles. The van der Waals surface area contributed by atoms with Crippen LogP contribution < -0.4 is 0 Å². The van der Waals surface area contributed by atoms with Crippen LogP contribution in [0.3, 0.4) is 0 Å². The standard InChI is InChI=1S/C38H23N5S.C4H7N/c1-3-10-24(11-4-1)36-40-37(25-12-5-2-6-13-25)42-38(41-36)26-17-19-27(20-18-26)43-30-15-9-23-39-34(30)29-21-22-32-33(35(29)43)28-14-7-8-16-31(28)44-32;1-3-4-5-2/h1-23H;3-4H,2H2,1H3/b;4-3-. The molecular weight excluding hydrogens is 621 g/mol. The van der Waals surface area contributed by atoms with E-state index >= 15 is 0 Å². The van der Waals surface area contributed by atoms with E-state index in [0.29, 0.717) is 17.5 Å². The van der Waals surface area contributed by atoms with Gasteiger partial charge >= 0.3 is 0 Å². The van der Waals surface area contributed by atoms with E-state index in [2.05, 4.69) is 83.0 Å². The van der Waals surface area contributed by atoms with E-state index in [-0.39, 0.29) is 0 Å². The van der Waals surface area contributed by atoms with Crippen LogP contribution >= 0.6 is 11.3 Å². The Morgan fingerprint density at radius 3 is 1.84 bits per heavy atom. The van der Waals surface area contributed by atoms with Crippen molar-refractivity contribution in [2.75, 3.05) is 0 Å². The van der Waals surface area contributed by atoms with Gasteiger partial charge in [0, 0.05) is 60.3 Å². The van der Waals surface area contributed by atoms with Crippen molar-refractivity contribution >= 4 is 60.2 Å². The topological polar surface area (TPSA) is 68.8 Å². The summed E-state index contributed by atoms with van der Waals surface area (Å²) < 4.78 is 4.90. The third-order valence-electron chi connectivity index (χ3n) is 8.36. The zero-order chi connectivity index (χ0) is 33.2. The number of pyridine rings is 1. The van der Waals surface area contributed by atoms with Gasteiger partial charge in [-0.2, -0.15) is 0 Å². The average Bonchev–Trinajstić information content (AvgIpc) is 3.72. The lowest BCUT2D eigenvalue weighted by molar-refractivity contribution is 1.07. The van der Waals surface area contributed by atoms with E-state index in [0.717, 1.165) is 38.8 Å². The van der Waals surface area contributed by atoms with E-state index < -0.39 is 0 Å². The Bertz CT molecular complexity index is 2560. The second-order valence-corrected chi connectivity index (χ2v) is 12.5. The number of rotatable bonds is 5. The van der Waals surface area contributed by atoms with Crippen molar-refractivity contribution in [1.29, 1.82) is 0 Å². The number of allylic oxidation sites excluding steroid dienone is 1. The van der Waals surface area contributed by atoms with Crippen molar-refractivity contribution in [3.05, 3.63) is 152 Å². The number of aliphatic imine (C=N–C) groups is 1. The number of hydrogen-bond acceptors (Lipinski definition) is 6. The minimum Gasteiger partial charge on any atom is -0.307 e. The van der Waals surface area contributed by atoms with Crippen LogP contribution in [0.5, 0.6) is 0 Å². The fourth-order valence-electron chi connectivity index (χ4n) is 6.20. The Morgan fingerprint density at radius 2 is 1.22 bits per heavy atom. The van der Waals surface area contributed by atoms with Gasteiger partial charge in [-0.05, 0) is 68.2 Å². The molecule has 0 unspecified atom stereocenters. The first-order valence-corrected chi connectivity index (χ1v) is 16.8. The predicted molar refractivity (Wildman–Crippen MR) is 206 cm³/mol. The van der Waals surface area contributed by atoms with Gasteiger partial charge in [0.25, 0.3) is 0 Å². The zero-order valence-corrected chi connectivity index (χ0v) is 27.5. The van der Waals surface area contributed by atoms with Crippen LogP contribution in [0.15, 0.2) is 157 Å². The zero-order valence-electron chi connectivity index (χ0n) is 26.7. The Hall–Kier alpha value is -6.31. The lowest BCUT2D eigenvalue weighted by Gasteiger charge is -2.11. The highest BCUT2D eigenvalue weighted by Gasteiger charge is 2.19. The third-order valence-corrected chi connectivity index (χ3v) is 9.50. The molecule has 234 valence electrons. The van der Waals surface area contributed by atoms with Gasteiger partial charge in [0.2, 0.25) is 0 Å². The van der Waals surface area contributed by atoms with Gasteiger partial charge < -0.3 is 4.57 Å². The summed E-state index contributed by atoms with van der Waals surface area (Å²) in [4.78, 5) is 22.9. The molecule has 0 saturated carbocycles. The van der Waals surface area contributed by atoms with Crippen molar-refractivity contribution in [3.63, 3.8) is 0 Å². The van der Waals surface area contributed by atoms with Crippen LogP contribution in [-0.4, -0.2) is 31.2 Å². The number of fused-ring (bicyclic) bond motifs is 7. The fraction of sp³-hybridized carbons (Fsp3) is 0.0238. The summed E-state index contributed by atoms with van der Waals surface area (Å²) in [6, 6.07) is 45.9. The maximum atomic E-state index is 4.92. The molecule has 0 saturated heterocycles. The third kappa shape index (κ3) is 5.56. The monoisotopic (exact) mass is 650 g/mol. The van der Waals surface area contributed by atoms with E-state index in [4.69, 9.17) is 19.9 Å². The Morgan fingerprint density at radius 1 is 0.612 bits per heavy atom. The molecule has 0 spiro atoms. The molecule has 0 radical (unpaired) electrons. The molecule has 4 heterocycles. The molecule has 49 heavy (non-hydrogen) atoms. The lowest BCUT2D eigenvalue weighted by atomic mass is 10.1. The summed E-state index contributed by atoms with van der Waals surface area (Å²) in [5, 5.41) is 3.69. The Balaban J connectivity index is 0.000000653. The maximum Gasteiger partial charge on any atom is 0.164 e. The number of benzene rings is 5. The molecular formula is C42H30N6S. The van der Waals surface area contributed by atoms with Crippen LogP contribution in [0.4, 0.5) is 0 Å². The van der Waals surface area contributed by atoms with E-state index in [9.17, 15) is 0 Å². The number of nitrogens with zero attached hydrogens (tertiary/aromatic N) is 6. The number of thiophene rings is 1. The van der Waals surface area contributed by atoms with Gasteiger partial charge in [0.15, 0.2) is 17.5 Å². The van der Waals surface area contributed by atoms with E-state index in [1.807, 2.05) is 97.3 Å². The quantitative estimate of drug-likeness (QED) is 0.174. The van der Waals surface area contributed by atoms with Crippen LogP contribution in [0, 0.1) is 0 Å². The largest absolute Gasteiger partial charge is 0.307 e. The molecule has 0 aliphatic rings. The molecule has 9 aromatic rings. The molecule has 0 aliphatic heterocycles. The summed E-state index contributed by atoms with van der Waals surface area (Å²) in [7, 11) is 0. The summed E-state index contributed by atoms with van der Waals surface area (Å²) in [6.45, 7) is 5.11. The lowest BCUT2D eigenvalue weighted by Crippen LogP contribution is -2.00. The average molecular weight is 651 g/mol. The van der Waals surface area contributed by atoms with E-state index in [1.165, 1.54) is 25.7 Å². The van der Waals surface area contributed by atoms with Crippen molar-refractivity contribution < 1.29 is 0 Å². The molecule has 6 nitrogen and oxygen atoms in total. The molecule has 9 rings (SSSR count). The van der Waals surface area contributed by atoms with Crippen molar-refractivity contribution in [2.24, 2.45) is 4.99 Å². The highest BCUT2D eigenvalue weighted by molar-refractivity contribution is 7.26. The first-order valence-electron chi connectivity index (χ1n) is 16.0. The molecule has 0 N–H and O–H groups in total. The highest BCUT2D eigenvalue weighted by atomic mass is 32.1. The van der Waals surface area contributed by atoms with Crippen LogP contribution in [0.25, 0.3) is 82.0 Å². The van der Waals surface area contributed by atoms with Gasteiger partial charge in [-0.1, -0.05) is 84.9 Å². The number of aromatic nitrogens is 5. The molecule has 0 atom stereocenters. The number of hydrogen-bond donors (Lipinski definition) is 0. The second kappa shape index (κ2) is 13.1. The van der Waals surface area contributed by atoms with Crippen LogP contribution in [0.2, 0.25) is 0 Å². The van der Waals surface area contributed by atoms with Crippen LogP contribution in [-0.2, 0) is 0 Å². The molecule has 0 amide bonds. The summed E-state index contributed by atoms with van der Waals surface area (Å²) in [5.41, 5.74) is 7.15. The Labute approximate surface area is 287 Å². The van der Waals surface area contributed by atoms with Crippen molar-refractivity contribution in [3.8, 4) is 39.9 Å². The smallest absolute Gasteiger partial charge is 0.164 e. The van der Waals surface area contributed by atoms with E-state index in [1.54, 1.807) is 6.20 Å². The molecule has 0 fully saturated rings. The minimum absolute atomic E-state index is 0.638. The molecule has 5 aromatic carbocycles.